The molecule has 0 aromatic heterocycles. The molecule has 0 aromatic carbocycles. The van der Waals surface area contributed by atoms with Gasteiger partial charge in [-0.15, -0.1) is 0 Å². The Morgan fingerprint density at radius 3 is 1.76 bits per heavy atom. The molecule has 0 aliphatic carbocycles. The highest BCUT2D eigenvalue weighted by atomic mass is 16.1. The molecule has 0 radical (unpaired) electrons. The van der Waals surface area contributed by atoms with E-state index in [-0.39, 0.29) is 5.92 Å². The fourth-order valence-electron chi connectivity index (χ4n) is 2.63. The Bertz CT molecular complexity index is 190. The minimum absolute atomic E-state index is 0.249. The molecule has 2 atom stereocenters. The Kier molecular flexibility index (Phi) is 9.49. The van der Waals surface area contributed by atoms with E-state index in [1.807, 2.05) is 6.92 Å². The monoisotopic (exact) mass is 240 g/mol. The van der Waals surface area contributed by atoms with Crippen molar-refractivity contribution in [3.05, 3.63) is 0 Å². The van der Waals surface area contributed by atoms with Gasteiger partial charge in [-0.3, -0.25) is 4.79 Å². The van der Waals surface area contributed by atoms with Crippen LogP contribution in [0.25, 0.3) is 0 Å². The van der Waals surface area contributed by atoms with Gasteiger partial charge in [-0.05, 0) is 11.8 Å². The first-order valence-electron chi connectivity index (χ1n) is 7.61. The molecule has 102 valence electrons. The summed E-state index contributed by atoms with van der Waals surface area (Å²) in [4.78, 5) is 11.8. The van der Waals surface area contributed by atoms with Crippen LogP contribution < -0.4 is 0 Å². The van der Waals surface area contributed by atoms with Crippen LogP contribution in [-0.4, -0.2) is 5.78 Å². The SMILES string of the molecule is CCCCC(CCCC)C(C)C(C)C(=O)CC. The number of rotatable bonds is 10. The molecule has 0 spiro atoms. The summed E-state index contributed by atoms with van der Waals surface area (Å²) >= 11 is 0. The molecule has 0 bridgehead atoms. The lowest BCUT2D eigenvalue weighted by Gasteiger charge is -2.28. The summed E-state index contributed by atoms with van der Waals surface area (Å²) in [6.45, 7) is 10.9. The average Bonchev–Trinajstić information content (AvgIpc) is 2.36. The van der Waals surface area contributed by atoms with Crippen LogP contribution in [-0.2, 0) is 4.79 Å². The second kappa shape index (κ2) is 9.67. The van der Waals surface area contributed by atoms with Crippen LogP contribution >= 0.6 is 0 Å². The fourth-order valence-corrected chi connectivity index (χ4v) is 2.63. The summed E-state index contributed by atoms with van der Waals surface area (Å²) in [5.41, 5.74) is 0. The summed E-state index contributed by atoms with van der Waals surface area (Å²) in [5.74, 6) is 2.00. The highest BCUT2D eigenvalue weighted by Gasteiger charge is 2.25. The van der Waals surface area contributed by atoms with Crippen molar-refractivity contribution in [1.82, 2.24) is 0 Å². The zero-order chi connectivity index (χ0) is 13.3. The molecule has 2 unspecified atom stereocenters. The number of ketones is 1. The van der Waals surface area contributed by atoms with Crippen molar-refractivity contribution in [2.24, 2.45) is 17.8 Å². The van der Waals surface area contributed by atoms with Crippen LogP contribution in [0.1, 0.15) is 79.6 Å². The molecule has 0 N–H and O–H groups in total. The van der Waals surface area contributed by atoms with Crippen LogP contribution in [0.5, 0.6) is 0 Å². The Labute approximate surface area is 108 Å². The van der Waals surface area contributed by atoms with E-state index in [1.165, 1.54) is 38.5 Å². The van der Waals surface area contributed by atoms with Crippen molar-refractivity contribution in [3.8, 4) is 0 Å². The predicted octanol–water partition coefficient (Wildman–Crippen LogP) is 5.23. The molecule has 0 amide bonds. The number of carbonyl (C=O) groups excluding carboxylic acids is 1. The first-order valence-corrected chi connectivity index (χ1v) is 7.61. The Morgan fingerprint density at radius 2 is 1.41 bits per heavy atom. The zero-order valence-corrected chi connectivity index (χ0v) is 12.6. The molecule has 0 saturated heterocycles. The summed E-state index contributed by atoms with van der Waals surface area (Å²) in [6.07, 6.45) is 8.46. The zero-order valence-electron chi connectivity index (χ0n) is 12.6. The Morgan fingerprint density at radius 1 is 0.941 bits per heavy atom. The van der Waals surface area contributed by atoms with E-state index >= 15 is 0 Å². The maximum atomic E-state index is 11.8. The van der Waals surface area contributed by atoms with Gasteiger partial charge in [-0.1, -0.05) is 73.1 Å². The largest absolute Gasteiger partial charge is 0.299 e. The van der Waals surface area contributed by atoms with Gasteiger partial charge in [-0.25, -0.2) is 0 Å². The lowest BCUT2D eigenvalue weighted by atomic mass is 9.76. The maximum Gasteiger partial charge on any atom is 0.135 e. The third-order valence-corrected chi connectivity index (χ3v) is 4.25. The lowest BCUT2D eigenvalue weighted by Crippen LogP contribution is -2.25. The van der Waals surface area contributed by atoms with E-state index in [9.17, 15) is 4.79 Å². The Hall–Kier alpha value is -0.330. The van der Waals surface area contributed by atoms with Gasteiger partial charge >= 0.3 is 0 Å². The van der Waals surface area contributed by atoms with Gasteiger partial charge in [0.1, 0.15) is 5.78 Å². The molecular weight excluding hydrogens is 208 g/mol. The standard InChI is InChI=1S/C16H32O/c1-6-9-11-15(12-10-7-2)13(4)14(5)16(17)8-3/h13-15H,6-12H2,1-5H3. The minimum Gasteiger partial charge on any atom is -0.299 e. The molecule has 0 aliphatic heterocycles. The van der Waals surface area contributed by atoms with Crippen molar-refractivity contribution in [1.29, 1.82) is 0 Å². The van der Waals surface area contributed by atoms with Crippen LogP contribution in [0.4, 0.5) is 0 Å². The minimum atomic E-state index is 0.249. The van der Waals surface area contributed by atoms with Crippen LogP contribution in [0.3, 0.4) is 0 Å². The van der Waals surface area contributed by atoms with Crippen LogP contribution in [0.15, 0.2) is 0 Å². The predicted molar refractivity (Wildman–Crippen MR) is 76.2 cm³/mol. The number of Topliss-reactive ketones (excluding diaryl/α,β-unsaturated/α-hetero) is 1. The molecule has 0 fully saturated rings. The second-order valence-corrected chi connectivity index (χ2v) is 5.51. The van der Waals surface area contributed by atoms with Gasteiger partial charge in [-0.2, -0.15) is 0 Å². The quantitative estimate of drug-likeness (QED) is 0.510. The topological polar surface area (TPSA) is 17.1 Å². The smallest absolute Gasteiger partial charge is 0.135 e. The molecule has 0 rings (SSSR count). The number of unbranched alkanes of at least 4 members (excludes halogenated alkanes) is 2. The van der Waals surface area contributed by atoms with Gasteiger partial charge in [0.15, 0.2) is 0 Å². The van der Waals surface area contributed by atoms with Gasteiger partial charge in [0.25, 0.3) is 0 Å². The molecule has 0 aromatic rings. The lowest BCUT2D eigenvalue weighted by molar-refractivity contribution is -0.124. The first-order chi connectivity index (χ1) is 8.08. The highest BCUT2D eigenvalue weighted by molar-refractivity contribution is 5.80. The van der Waals surface area contributed by atoms with Gasteiger partial charge in [0, 0.05) is 12.3 Å². The first kappa shape index (κ1) is 16.7. The second-order valence-electron chi connectivity index (χ2n) is 5.51. The normalized spacial score (nSPS) is 14.9. The van der Waals surface area contributed by atoms with E-state index < -0.39 is 0 Å². The van der Waals surface area contributed by atoms with Crippen molar-refractivity contribution in [2.45, 2.75) is 79.6 Å². The maximum absolute atomic E-state index is 11.8. The molecule has 0 saturated carbocycles. The number of carbonyl (C=O) groups is 1. The molecular formula is C16H32O. The van der Waals surface area contributed by atoms with E-state index in [0.29, 0.717) is 18.1 Å². The molecule has 1 heteroatoms. The van der Waals surface area contributed by atoms with E-state index in [1.54, 1.807) is 0 Å². The summed E-state index contributed by atoms with van der Waals surface area (Å²) in [7, 11) is 0. The third kappa shape index (κ3) is 6.24. The number of hydrogen-bond donors (Lipinski definition) is 0. The van der Waals surface area contributed by atoms with E-state index in [0.717, 1.165) is 5.92 Å². The molecule has 1 nitrogen and oxygen atoms in total. The van der Waals surface area contributed by atoms with Crippen molar-refractivity contribution in [3.63, 3.8) is 0 Å². The van der Waals surface area contributed by atoms with E-state index in [2.05, 4.69) is 27.7 Å². The number of hydrogen-bond acceptors (Lipinski definition) is 1. The molecule has 0 heterocycles. The van der Waals surface area contributed by atoms with Gasteiger partial charge < -0.3 is 0 Å². The van der Waals surface area contributed by atoms with E-state index in [4.69, 9.17) is 0 Å². The summed E-state index contributed by atoms with van der Waals surface area (Å²) in [5, 5.41) is 0. The van der Waals surface area contributed by atoms with Gasteiger partial charge in [0.05, 0.1) is 0 Å². The van der Waals surface area contributed by atoms with Gasteiger partial charge in [0.2, 0.25) is 0 Å². The molecule has 0 aliphatic rings. The molecule has 17 heavy (non-hydrogen) atoms. The van der Waals surface area contributed by atoms with Crippen LogP contribution in [0, 0.1) is 17.8 Å². The van der Waals surface area contributed by atoms with Crippen molar-refractivity contribution >= 4 is 5.78 Å². The third-order valence-electron chi connectivity index (χ3n) is 4.25. The fraction of sp³-hybridized carbons (Fsp3) is 0.938. The van der Waals surface area contributed by atoms with Crippen molar-refractivity contribution < 1.29 is 4.79 Å². The van der Waals surface area contributed by atoms with Crippen LogP contribution in [0.2, 0.25) is 0 Å². The summed E-state index contributed by atoms with van der Waals surface area (Å²) < 4.78 is 0. The average molecular weight is 240 g/mol. The van der Waals surface area contributed by atoms with Crippen molar-refractivity contribution in [2.75, 3.05) is 0 Å². The summed E-state index contributed by atoms with van der Waals surface area (Å²) in [6, 6.07) is 0. The Balaban J connectivity index is 4.37. The highest BCUT2D eigenvalue weighted by Crippen LogP contribution is 2.30.